The first-order valence-electron chi connectivity index (χ1n) is 24.1. The van der Waals surface area contributed by atoms with Crippen LogP contribution >= 0.6 is 0 Å². The Kier molecular flexibility index (Phi) is 40.2. The standard InChI is InChI=1S/C11H16O3.C10H14O3.C7H9NO3.C7H10O3.C6H7NO3.C6H8O3.C4H6O2.C3H4O2/c1-7(2)11(12)13-6-8-3-4-9-10(5-8)14-9;1-2-10(11)12-6-7-3-4-8-9(5-7)13-8;1-6(2)7(10)11-4-3-8-5-9;1-5(2)7(8)10-4-6-3-9-6;1-2-6(9)10-4-3-7-5-8;1-2-6(7)9-4-5-3-8-5;1-3(2)4(5)6;1-2-3(4)5/h8-10H,1,3-6H2,2H3;2,7-9H,1,3-6H2;1,3-4H2,2H3;6H,1,3-4H2,2H3;2H,1,3-4H2;2,5H,1,3-4H2;1H2,2H3,(H,5,6);2H,1H2,(H,4,5). The number of aliphatic carboxylic acids is 2. The van der Waals surface area contributed by atoms with Crippen LogP contribution < -0.4 is 0 Å². The minimum atomic E-state index is -0.981. The molecule has 6 aliphatic rings. The molecule has 4 heterocycles. The van der Waals surface area contributed by atoms with Crippen LogP contribution in [0.25, 0.3) is 0 Å². The van der Waals surface area contributed by atoms with Gasteiger partial charge >= 0.3 is 47.8 Å². The smallest absolute Gasteiger partial charge is 0.333 e. The molecule has 0 spiro atoms. The van der Waals surface area contributed by atoms with Crippen molar-refractivity contribution in [3.8, 4) is 0 Å². The zero-order valence-electron chi connectivity index (χ0n) is 44.9. The monoisotopic (exact) mass is 1100 g/mol. The van der Waals surface area contributed by atoms with Crippen LogP contribution in [0.2, 0.25) is 0 Å². The molecular formula is C54H74N2O22. The van der Waals surface area contributed by atoms with Crippen molar-refractivity contribution in [2.75, 3.05) is 65.9 Å². The third-order valence-corrected chi connectivity index (χ3v) is 9.85. The molecule has 2 N–H and O–H groups in total. The van der Waals surface area contributed by atoms with Gasteiger partial charge in [0.15, 0.2) is 0 Å². The summed E-state index contributed by atoms with van der Waals surface area (Å²) < 4.78 is 49.0. The predicted octanol–water partition coefficient (Wildman–Crippen LogP) is 4.97. The van der Waals surface area contributed by atoms with Crippen molar-refractivity contribution in [2.24, 2.45) is 21.8 Å². The minimum absolute atomic E-state index is 0.0973. The number of ether oxygens (including phenoxy) is 10. The van der Waals surface area contributed by atoms with E-state index in [1.807, 2.05) is 0 Å². The summed E-state index contributed by atoms with van der Waals surface area (Å²) >= 11 is 0. The molecular weight excluding hydrogens is 1030 g/mol. The number of hydrogen-bond acceptors (Lipinski definition) is 22. The molecule has 78 heavy (non-hydrogen) atoms. The Morgan fingerprint density at radius 3 is 1.14 bits per heavy atom. The van der Waals surface area contributed by atoms with Gasteiger partial charge in [-0.25, -0.2) is 57.9 Å². The van der Waals surface area contributed by atoms with Crippen LogP contribution in [0.5, 0.6) is 0 Å². The third kappa shape index (κ3) is 43.5. The van der Waals surface area contributed by atoms with Crippen molar-refractivity contribution >= 4 is 59.9 Å². The minimum Gasteiger partial charge on any atom is -0.478 e. The average Bonchev–Trinajstić information content (AvgIpc) is 4.18. The summed E-state index contributed by atoms with van der Waals surface area (Å²) in [5, 5.41) is 15.5. The summed E-state index contributed by atoms with van der Waals surface area (Å²) in [6.07, 6.45) is 15.7. The van der Waals surface area contributed by atoms with Crippen molar-refractivity contribution in [1.82, 2.24) is 0 Å². The lowest BCUT2D eigenvalue weighted by molar-refractivity contribution is -0.141. The van der Waals surface area contributed by atoms with Gasteiger partial charge in [-0.15, -0.1) is 0 Å². The van der Waals surface area contributed by atoms with E-state index in [-0.39, 0.29) is 68.0 Å². The molecule has 0 aromatic carbocycles. The topological polar surface area (TPSA) is 341 Å². The van der Waals surface area contributed by atoms with E-state index in [9.17, 15) is 47.9 Å². The quantitative estimate of drug-likeness (QED) is 0.0275. The van der Waals surface area contributed by atoms with Crippen LogP contribution in [0.15, 0.2) is 109 Å². The van der Waals surface area contributed by atoms with Gasteiger partial charge in [0.05, 0.1) is 63.9 Å². The van der Waals surface area contributed by atoms with Crippen molar-refractivity contribution in [2.45, 2.75) is 103 Å². The molecule has 0 aromatic heterocycles. The molecule has 6 fully saturated rings. The second kappa shape index (κ2) is 43.4. The van der Waals surface area contributed by atoms with Crippen LogP contribution in [0, 0.1) is 11.8 Å². The van der Waals surface area contributed by atoms with Gasteiger partial charge in [-0.1, -0.05) is 52.6 Å². The molecule has 24 heteroatoms. The van der Waals surface area contributed by atoms with Gasteiger partial charge in [-0.3, -0.25) is 0 Å². The van der Waals surface area contributed by atoms with E-state index in [1.165, 1.54) is 25.2 Å². The SMILES string of the molecule is C=C(C)C(=O)O.C=C(C)C(=O)OCC1CCC2OC2C1.C=C(C)C(=O)OCC1CO1.C=C(C)C(=O)OCCN=C=O.C=CC(=O)O.C=CC(=O)OCC1CCC2OC2C1.C=CC(=O)OCC1CO1.C=CC(=O)OCCN=C=O. The van der Waals surface area contributed by atoms with Crippen LogP contribution in [0.4, 0.5) is 0 Å². The first-order valence-corrected chi connectivity index (χ1v) is 24.1. The number of epoxide rings is 4. The Labute approximate surface area is 454 Å². The molecule has 4 aliphatic heterocycles. The summed E-state index contributed by atoms with van der Waals surface area (Å²) in [6, 6.07) is 0. The summed E-state index contributed by atoms with van der Waals surface area (Å²) in [7, 11) is 0. The summed E-state index contributed by atoms with van der Waals surface area (Å²) in [4.78, 5) is 108. The van der Waals surface area contributed by atoms with E-state index in [2.05, 4.69) is 76.8 Å². The number of nitrogens with zero attached hydrogens (tertiary/aromatic N) is 2. The Morgan fingerprint density at radius 1 is 0.500 bits per heavy atom. The van der Waals surface area contributed by atoms with E-state index in [0.29, 0.717) is 92.6 Å². The van der Waals surface area contributed by atoms with Crippen LogP contribution in [-0.2, 0) is 95.3 Å². The molecule has 6 rings (SSSR count). The first kappa shape index (κ1) is 72.4. The molecule has 8 unspecified atom stereocenters. The van der Waals surface area contributed by atoms with E-state index >= 15 is 0 Å². The Hall–Kier alpha value is -7.72. The lowest BCUT2D eigenvalue weighted by atomic mass is 9.90. The normalized spacial score (nSPS) is 20.8. The maximum absolute atomic E-state index is 11.1. The molecule has 0 bridgehead atoms. The number of hydrogen-bond donors (Lipinski definition) is 2. The number of fused-ring (bicyclic) bond motifs is 2. The maximum Gasteiger partial charge on any atom is 0.333 e. The summed E-state index contributed by atoms with van der Waals surface area (Å²) in [5.74, 6) is -3.23. The van der Waals surface area contributed by atoms with Gasteiger partial charge < -0.3 is 57.6 Å². The molecule has 0 aromatic rings. The van der Waals surface area contributed by atoms with E-state index in [0.717, 1.165) is 56.8 Å². The fourth-order valence-electron chi connectivity index (χ4n) is 5.36. The van der Waals surface area contributed by atoms with E-state index < -0.39 is 23.9 Å². The van der Waals surface area contributed by atoms with Gasteiger partial charge in [0, 0.05) is 46.6 Å². The fraction of sp³-hybridized carbons (Fsp3) is 0.519. The van der Waals surface area contributed by atoms with Gasteiger partial charge in [0.1, 0.15) is 38.6 Å². The Morgan fingerprint density at radius 2 is 0.821 bits per heavy atom. The van der Waals surface area contributed by atoms with Crippen LogP contribution in [0.3, 0.4) is 0 Å². The van der Waals surface area contributed by atoms with Gasteiger partial charge in [-0.2, -0.15) is 0 Å². The largest absolute Gasteiger partial charge is 0.478 e. The molecule has 2 aliphatic carbocycles. The van der Waals surface area contributed by atoms with Crippen molar-refractivity contribution in [3.05, 3.63) is 99.2 Å². The van der Waals surface area contributed by atoms with Crippen molar-refractivity contribution < 1.29 is 106 Å². The van der Waals surface area contributed by atoms with Crippen molar-refractivity contribution in [1.29, 1.82) is 0 Å². The number of rotatable bonds is 22. The molecule has 8 atom stereocenters. The van der Waals surface area contributed by atoms with Crippen molar-refractivity contribution in [3.63, 3.8) is 0 Å². The maximum atomic E-state index is 11.1. The predicted molar refractivity (Wildman–Crippen MR) is 279 cm³/mol. The van der Waals surface area contributed by atoms with Gasteiger partial charge in [0.25, 0.3) is 0 Å². The van der Waals surface area contributed by atoms with Crippen LogP contribution in [0.1, 0.15) is 66.2 Å². The first-order chi connectivity index (χ1) is 36.9. The lowest BCUT2D eigenvalue weighted by Crippen LogP contribution is -2.20. The summed E-state index contributed by atoms with van der Waals surface area (Å²) in [6.45, 7) is 36.2. The van der Waals surface area contributed by atoms with Gasteiger partial charge in [0.2, 0.25) is 12.2 Å². The molecule has 0 amide bonds. The zero-order chi connectivity index (χ0) is 59.6. The lowest BCUT2D eigenvalue weighted by Gasteiger charge is -2.18. The summed E-state index contributed by atoms with van der Waals surface area (Å²) in [5.41, 5.74) is 1.41. The Bertz CT molecular complexity index is 2150. The highest BCUT2D eigenvalue weighted by Gasteiger charge is 2.44. The average molecular weight is 1100 g/mol. The molecule has 4 saturated heterocycles. The number of carbonyl (C=O) groups excluding carboxylic acids is 8. The number of isocyanates is 2. The number of carboxylic acids is 2. The molecule has 2 saturated carbocycles. The number of esters is 6. The highest BCUT2D eigenvalue weighted by molar-refractivity contribution is 5.88. The number of carboxylic acid groups (broad SMARTS) is 2. The highest BCUT2D eigenvalue weighted by Crippen LogP contribution is 2.40. The molecule has 24 nitrogen and oxygen atoms in total. The second-order valence-corrected chi connectivity index (χ2v) is 17.0. The Balaban J connectivity index is 0. The van der Waals surface area contributed by atoms with E-state index in [1.54, 1.807) is 20.8 Å². The van der Waals surface area contributed by atoms with E-state index in [4.69, 9.17) is 43.4 Å². The second-order valence-electron chi connectivity index (χ2n) is 17.0. The van der Waals surface area contributed by atoms with Gasteiger partial charge in [-0.05, 0) is 78.1 Å². The number of aliphatic imine (C=N–C) groups is 2. The highest BCUT2D eigenvalue weighted by atomic mass is 16.6. The third-order valence-electron chi connectivity index (χ3n) is 9.85. The molecule has 0 radical (unpaired) electrons. The van der Waals surface area contributed by atoms with Crippen LogP contribution in [-0.4, -0.2) is 173 Å². The molecule has 432 valence electrons. The fourth-order valence-corrected chi connectivity index (χ4v) is 5.36. The number of carbonyl (C=O) groups is 8. The zero-order valence-corrected chi connectivity index (χ0v) is 44.9.